The first-order valence-corrected chi connectivity index (χ1v) is 34.9. The number of nitriles is 2. The van der Waals surface area contributed by atoms with E-state index >= 15 is 0 Å². The van der Waals surface area contributed by atoms with Crippen molar-refractivity contribution in [3.8, 4) is 12.1 Å². The molecule has 2 aromatic carbocycles. The number of nitrogens with two attached hydrogens (primary N) is 9. The third kappa shape index (κ3) is 32.2. The van der Waals surface area contributed by atoms with Crippen LogP contribution in [0.2, 0.25) is 0 Å². The Hall–Kier alpha value is -11.2. The number of para-hydroxylation sites is 2. The van der Waals surface area contributed by atoms with Crippen molar-refractivity contribution >= 4 is 203 Å². The summed E-state index contributed by atoms with van der Waals surface area (Å²) in [5.41, 5.74) is 53.9. The van der Waals surface area contributed by atoms with Crippen molar-refractivity contribution in [2.45, 2.75) is 75.2 Å². The number of ketones is 2. The van der Waals surface area contributed by atoms with Gasteiger partial charge in [-0.05, 0) is 111 Å². The molecule has 0 aliphatic rings. The number of carbonyl (C=O) groups excluding carboxylic acids is 10. The van der Waals surface area contributed by atoms with Crippen LogP contribution in [0.15, 0.2) is 84.9 Å². The molecule has 0 atom stereocenters. The normalized spacial score (nSPS) is 9.45. The maximum absolute atomic E-state index is 12.6. The third-order valence-corrected chi connectivity index (χ3v) is 16.4. The molecule has 0 radical (unpaired) electrons. The molecule has 108 heavy (non-hydrogen) atoms. The van der Waals surface area contributed by atoms with Gasteiger partial charge in [0.25, 0.3) is 23.6 Å². The van der Waals surface area contributed by atoms with E-state index in [-0.39, 0.29) is 150 Å². The molecule has 7 aromatic heterocycles. The summed E-state index contributed by atoms with van der Waals surface area (Å²) >= 11 is 15.3. The van der Waals surface area contributed by atoms with Crippen molar-refractivity contribution in [1.82, 2.24) is 19.9 Å². The summed E-state index contributed by atoms with van der Waals surface area (Å²) in [6.45, 7) is 15.8. The van der Waals surface area contributed by atoms with Crippen LogP contribution in [0.25, 0.3) is 30.6 Å². The number of rotatable bonds is 16. The average Bonchev–Trinajstić information content (AvgIpc) is 1.63. The molecular formula is C68H78BrLiN16O17S5. The number of amides is 5. The topological polar surface area (TPSA) is 634 Å². The molecule has 40 heteroatoms. The van der Waals surface area contributed by atoms with Crippen molar-refractivity contribution in [2.75, 3.05) is 60.0 Å². The number of esters is 3. The Bertz CT molecular complexity index is 4830. The number of aryl methyl sites for hydroxylation is 4. The molecule has 0 fully saturated rings. The number of ether oxygens (including phenoxy) is 3. The number of nitrogen functional groups attached to an aromatic ring is 4. The Morgan fingerprint density at radius 3 is 1.31 bits per heavy atom. The molecule has 5 amide bonds. The van der Waals surface area contributed by atoms with Crippen LogP contribution < -0.4 is 75.8 Å². The van der Waals surface area contributed by atoms with Gasteiger partial charge in [0.15, 0.2) is 0 Å². The van der Waals surface area contributed by atoms with Gasteiger partial charge in [0.2, 0.25) is 11.7 Å². The number of aliphatic hydroxyl groups is 1. The van der Waals surface area contributed by atoms with Crippen molar-refractivity contribution in [3.05, 3.63) is 155 Å². The van der Waals surface area contributed by atoms with E-state index in [1.165, 1.54) is 13.0 Å². The Labute approximate surface area is 661 Å². The molecule has 0 saturated heterocycles. The second kappa shape index (κ2) is 50.3. The molecule has 0 aliphatic carbocycles. The summed E-state index contributed by atoms with van der Waals surface area (Å²) in [6, 6.07) is 28.5. The number of aromatic carboxylic acids is 1. The average molecular weight is 1640 g/mol. The molecule has 0 aliphatic heterocycles. The summed E-state index contributed by atoms with van der Waals surface area (Å²) in [5, 5.41) is 37.6. The van der Waals surface area contributed by atoms with Crippen LogP contribution in [0.5, 0.6) is 0 Å². The zero-order valence-electron chi connectivity index (χ0n) is 59.9. The fourth-order valence-electron chi connectivity index (χ4n) is 7.93. The maximum Gasteiger partial charge on any atom is 1.00 e. The molecule has 0 bridgehead atoms. The zero-order chi connectivity index (χ0) is 80.8. The van der Waals surface area contributed by atoms with Crippen molar-refractivity contribution < 1.29 is 102 Å². The summed E-state index contributed by atoms with van der Waals surface area (Å²) in [4.78, 5) is 140. The number of carboxylic acids is 1. The monoisotopic (exact) mass is 1640 g/mol. The van der Waals surface area contributed by atoms with E-state index in [0.29, 0.717) is 59.2 Å². The number of halogens is 1. The Balaban J connectivity index is 0. The van der Waals surface area contributed by atoms with E-state index in [0.717, 1.165) is 45.4 Å². The summed E-state index contributed by atoms with van der Waals surface area (Å²) in [5.74, 6) is -6.73. The van der Waals surface area contributed by atoms with Gasteiger partial charge in [0.05, 0.1) is 88.4 Å². The van der Waals surface area contributed by atoms with Crippen LogP contribution >= 0.6 is 74.4 Å². The van der Waals surface area contributed by atoms with Crippen LogP contribution in [0.1, 0.15) is 146 Å². The van der Waals surface area contributed by atoms with Crippen LogP contribution in [-0.4, -0.2) is 137 Å². The quantitative estimate of drug-likeness (QED) is 0.00849. The van der Waals surface area contributed by atoms with E-state index in [2.05, 4.69) is 63.9 Å². The number of benzene rings is 2. The number of hydrogen-bond acceptors (Lipinski definition) is 30. The number of carboxylic acid groups (broad SMARTS) is 1. The number of Topliss-reactive ketones (excluding diaryl/α,β-unsaturated/α-hetero) is 2. The maximum atomic E-state index is 12.6. The predicted octanol–water partition coefficient (Wildman–Crippen LogP) is 5.33. The molecule has 0 unspecified atom stereocenters. The molecular weight excluding hydrogens is 1560 g/mol. The number of thiophene rings is 3. The van der Waals surface area contributed by atoms with E-state index in [9.17, 15) is 52.7 Å². The molecule has 570 valence electrons. The minimum absolute atomic E-state index is 0. The molecule has 9 rings (SSSR count). The number of anilines is 5. The van der Waals surface area contributed by atoms with Crippen molar-refractivity contribution in [3.63, 3.8) is 0 Å². The first-order chi connectivity index (χ1) is 49.9. The number of thiocarbonyl (C=S) groups is 1. The van der Waals surface area contributed by atoms with E-state index in [1.807, 2.05) is 54.6 Å². The zero-order valence-corrected chi connectivity index (χ0v) is 65.6. The molecule has 0 spiro atoms. The Morgan fingerprint density at radius 1 is 0.611 bits per heavy atom. The van der Waals surface area contributed by atoms with Crippen LogP contribution in [0, 0.1) is 55.0 Å². The minimum Gasteiger partial charge on any atom is -0.870 e. The number of aromatic amines is 1. The number of H-pyrrole nitrogens is 1. The smallest absolute Gasteiger partial charge is 0.870 e. The SMILES string of the molecule is CCO.CCOC(=O)C(=O)CC(C)=O.CCOC(=O)c1cc(C)[nH]c(=S)c1C#N.CCOC(=O)c1cc(C)nc2sc(C(N)=O)c(N)c12.Cc1cc(C(=O)Nc2ccccc2)c2c(N)c(C(N)=O)sc2n1.Cc1cc(C(=O)O)c2c(N)c(C(N)=O)sc2n1.N#CCC(N)=S.NC(=O)CBr.Nc1ccccc1.[Li+].[OH-]. The summed E-state index contributed by atoms with van der Waals surface area (Å²) < 4.78 is 14.4. The Kier molecular flexibility index (Phi) is 46.0. The first kappa shape index (κ1) is 98.8. The van der Waals surface area contributed by atoms with E-state index in [1.54, 1.807) is 91.8 Å². The number of nitrogens with zero attached hydrogens (tertiary/aromatic N) is 5. The number of pyridine rings is 4. The van der Waals surface area contributed by atoms with Crippen LogP contribution in [-0.2, 0) is 33.4 Å². The summed E-state index contributed by atoms with van der Waals surface area (Å²) in [7, 11) is 0. The van der Waals surface area contributed by atoms with Crippen LogP contribution in [0.3, 0.4) is 0 Å². The fourth-order valence-corrected chi connectivity index (χ4v) is 11.4. The van der Waals surface area contributed by atoms with Gasteiger partial charge in [0, 0.05) is 56.9 Å². The fraction of sp³-hybridized carbons (Fsp3) is 0.235. The van der Waals surface area contributed by atoms with Crippen molar-refractivity contribution in [2.24, 2.45) is 28.7 Å². The molecule has 23 N–H and O–H groups in total. The van der Waals surface area contributed by atoms with Gasteiger partial charge in [-0.15, -0.1) is 34.0 Å². The molecule has 9 aromatic rings. The first-order valence-electron chi connectivity index (χ1n) is 30.5. The number of carbonyl (C=O) groups is 11. The van der Waals surface area contributed by atoms with Gasteiger partial charge in [-0.3, -0.25) is 33.6 Å². The number of hydrogen-bond donors (Lipinski definition) is 13. The number of primary amides is 4. The summed E-state index contributed by atoms with van der Waals surface area (Å²) in [6.07, 6.45) is -0.172. The molecule has 0 saturated carbocycles. The number of nitrogens with one attached hydrogen (secondary N) is 2. The van der Waals surface area contributed by atoms with Crippen molar-refractivity contribution in [1.29, 1.82) is 10.5 Å². The standard InChI is InChI=1S/C16H14N4O2S.C12H13N3O3S.C10H9N3O3S.C10H10N2O2S.C7H10O4.C6H7N.C3H4N2S.C2H4BrNO.C2H6O.Li.H2O/c1-8-7-10(15(22)20-9-5-3-2-4-6-9)11-12(17)13(14(18)21)23-16(11)19-8;1-3-18-12(17)6-4-5(2)15-11-7(6)8(13)9(19-11)10(14)16;1-3-2-4(10(15)16)5-6(11)7(8(12)14)17-9(5)13-3;1-3-14-10(13)7-4-6(2)12-9(15)8(7)5-11;1-3-11-7(10)6(9)4-5(2)8;7-6-4-2-1-3-5-6;4-2-1-3(5)6;3-1-2(4)5;1-2-3;;/h2-7H,17H2,1H3,(H2,18,21)(H,20,22);4H,3,13H2,1-2H3,(H2,14,16);2H,11H2,1H3,(H2,12,14)(H,15,16);4H,3H2,1-2H3,(H,12,15);3-4H2,1-2H3;1-5H,7H2;1H2,(H2,5,6);1H2,(H2,4,5);3H,2H2,1H3;;1H2/q;;;;;;;;;+1;/p-1. The number of alkyl halides is 1. The van der Waals surface area contributed by atoms with E-state index < -0.39 is 47.4 Å². The number of aliphatic hydroxyl groups excluding tert-OH is 1. The van der Waals surface area contributed by atoms with Gasteiger partial charge in [-0.1, -0.05) is 76.8 Å². The van der Waals surface area contributed by atoms with Gasteiger partial charge < -0.3 is 91.8 Å². The third-order valence-electron chi connectivity index (χ3n) is 12.0. The van der Waals surface area contributed by atoms with Gasteiger partial charge in [-0.2, -0.15) is 10.5 Å². The van der Waals surface area contributed by atoms with Crippen LogP contribution in [0.4, 0.5) is 28.4 Å². The van der Waals surface area contributed by atoms with Gasteiger partial charge in [-0.25, -0.2) is 34.1 Å². The minimum atomic E-state index is -1.11. The second-order valence-corrected chi connectivity index (χ2v) is 25.0. The Morgan fingerprint density at radius 2 is 0.981 bits per heavy atom. The largest absolute Gasteiger partial charge is 1.00 e. The van der Waals surface area contributed by atoms with Gasteiger partial charge >= 0.3 is 42.7 Å². The number of fused-ring (bicyclic) bond motifs is 3. The second-order valence-electron chi connectivity index (χ2n) is 20.5. The number of aromatic nitrogens is 4. The predicted molar refractivity (Wildman–Crippen MR) is 419 cm³/mol. The molecule has 7 heterocycles. The van der Waals surface area contributed by atoms with Gasteiger partial charge in [0.1, 0.15) is 51.2 Å². The molecule has 33 nitrogen and oxygen atoms in total. The van der Waals surface area contributed by atoms with E-state index in [4.69, 9.17) is 88.3 Å².